The number of allylic oxidation sites excluding steroid dienone is 1. The molecule has 0 bridgehead atoms. The van der Waals surface area contributed by atoms with E-state index in [0.29, 0.717) is 40.8 Å². The Morgan fingerprint density at radius 2 is 1.98 bits per heavy atom. The van der Waals surface area contributed by atoms with Crippen LogP contribution in [0, 0.1) is 47.9 Å². The number of nitriles is 1. The first-order valence-electron chi connectivity index (χ1n) is 14.2. The maximum atomic E-state index is 14.1. The van der Waals surface area contributed by atoms with E-state index in [0.717, 1.165) is 53.7 Å². The van der Waals surface area contributed by atoms with E-state index in [1.54, 1.807) is 12.3 Å². The summed E-state index contributed by atoms with van der Waals surface area (Å²) < 4.78 is 14.1. The molecule has 0 radical (unpaired) electrons. The summed E-state index contributed by atoms with van der Waals surface area (Å²) in [6.45, 7) is 8.96. The topological polar surface area (TPSA) is 101 Å². The molecule has 1 atom stereocenters. The van der Waals surface area contributed by atoms with Crippen LogP contribution in [-0.4, -0.2) is 27.6 Å². The fourth-order valence-electron chi connectivity index (χ4n) is 5.43. The van der Waals surface area contributed by atoms with Crippen molar-refractivity contribution in [3.8, 4) is 18.4 Å². The summed E-state index contributed by atoms with van der Waals surface area (Å²) in [6, 6.07) is 9.42. The van der Waals surface area contributed by atoms with Crippen molar-refractivity contribution in [1.82, 2.24) is 25.9 Å². The number of nitrogens with one attached hydrogen (secondary N) is 4. The molecule has 2 aromatic heterocycles. The highest BCUT2D eigenvalue weighted by Gasteiger charge is 2.44. The molecule has 2 saturated carbocycles. The molecule has 0 unspecified atom stereocenters. The molecule has 3 aliphatic rings. The van der Waals surface area contributed by atoms with Gasteiger partial charge >= 0.3 is 0 Å². The molecule has 9 heteroatoms. The first-order chi connectivity index (χ1) is 19.7. The molecule has 3 aromatic rings. The Morgan fingerprint density at radius 3 is 2.61 bits per heavy atom. The van der Waals surface area contributed by atoms with Gasteiger partial charge in [-0.3, -0.25) is 9.99 Å². The third-order valence-electron chi connectivity index (χ3n) is 7.77. The second-order valence-electron chi connectivity index (χ2n) is 12.4. The lowest BCUT2D eigenvalue weighted by atomic mass is 9.96. The summed E-state index contributed by atoms with van der Waals surface area (Å²) in [7, 11) is 0. The van der Waals surface area contributed by atoms with Crippen molar-refractivity contribution in [3.05, 3.63) is 70.2 Å². The monoisotopic (exact) mass is 550 g/mol. The van der Waals surface area contributed by atoms with Crippen LogP contribution in [0.5, 0.6) is 0 Å². The first-order valence-corrected chi connectivity index (χ1v) is 14.2. The molecule has 8 nitrogen and oxygen atoms in total. The van der Waals surface area contributed by atoms with E-state index in [2.05, 4.69) is 69.3 Å². The second-order valence-corrected chi connectivity index (χ2v) is 12.4. The summed E-state index contributed by atoms with van der Waals surface area (Å²) in [5.41, 5.74) is 13.7. The number of halogens is 1. The number of anilines is 2. The molecular formula is C32H35FN8. The number of fused-ring (bicyclic) bond motifs is 1. The van der Waals surface area contributed by atoms with Gasteiger partial charge in [-0.15, -0.1) is 12.0 Å². The van der Waals surface area contributed by atoms with Gasteiger partial charge < -0.3 is 16.1 Å². The number of hydrogen-bond acceptors (Lipinski definition) is 8. The average molecular weight is 551 g/mol. The van der Waals surface area contributed by atoms with E-state index >= 15 is 0 Å². The van der Waals surface area contributed by atoms with E-state index in [1.165, 1.54) is 11.8 Å². The molecule has 0 saturated heterocycles. The highest BCUT2D eigenvalue weighted by Crippen LogP contribution is 2.47. The Morgan fingerprint density at radius 1 is 1.20 bits per heavy atom. The van der Waals surface area contributed by atoms with Gasteiger partial charge in [0.25, 0.3) is 0 Å². The molecule has 210 valence electrons. The predicted octanol–water partition coefficient (Wildman–Crippen LogP) is 5.65. The number of aryl methyl sites for hydroxylation is 1. The van der Waals surface area contributed by atoms with Gasteiger partial charge in [-0.2, -0.15) is 9.65 Å². The zero-order chi connectivity index (χ0) is 28.9. The zero-order valence-electron chi connectivity index (χ0n) is 23.9. The van der Waals surface area contributed by atoms with Crippen molar-refractivity contribution in [1.29, 1.82) is 5.26 Å². The Hall–Kier alpha value is -4.34. The molecule has 6 rings (SSSR count). The standard InChI is InChI=1S/C32H35FN8/c1-6-19-16-35-28-21(15-34)13-22(14-25(28)27(19)36-17-32(3,4)5)38-29(24-11-12-26(33)37-18(24)2)30-31(20-7-8-20)41(40-39-30)23-9-10-23/h1,11-14,16,20,23,29,38-40H,7-10,17H2,2-5H3,(H,35,36)/t29-/m0/s1. The van der Waals surface area contributed by atoms with Crippen molar-refractivity contribution < 1.29 is 4.39 Å². The third-order valence-corrected chi connectivity index (χ3v) is 7.77. The van der Waals surface area contributed by atoms with Crippen molar-refractivity contribution in [2.24, 2.45) is 11.3 Å². The van der Waals surface area contributed by atoms with Crippen LogP contribution >= 0.6 is 0 Å². The maximum absolute atomic E-state index is 14.1. The number of hydrazine groups is 2. The lowest BCUT2D eigenvalue weighted by Crippen LogP contribution is -2.40. The molecule has 3 heterocycles. The summed E-state index contributed by atoms with van der Waals surface area (Å²) >= 11 is 0. The van der Waals surface area contributed by atoms with Crippen molar-refractivity contribution in [2.75, 3.05) is 17.2 Å². The number of terminal acetylenes is 1. The first kappa shape index (κ1) is 26.9. The molecule has 0 spiro atoms. The van der Waals surface area contributed by atoms with Crippen LogP contribution in [0.3, 0.4) is 0 Å². The van der Waals surface area contributed by atoms with E-state index < -0.39 is 5.95 Å². The molecule has 2 fully saturated rings. The van der Waals surface area contributed by atoms with Crippen LogP contribution in [0.4, 0.5) is 15.8 Å². The average Bonchev–Trinajstić information content (AvgIpc) is 3.88. The van der Waals surface area contributed by atoms with Crippen molar-refractivity contribution >= 4 is 22.3 Å². The molecule has 41 heavy (non-hydrogen) atoms. The van der Waals surface area contributed by atoms with Crippen molar-refractivity contribution in [2.45, 2.75) is 65.5 Å². The molecule has 4 N–H and O–H groups in total. The highest BCUT2D eigenvalue weighted by molar-refractivity contribution is 5.99. The van der Waals surface area contributed by atoms with Gasteiger partial charge in [0.1, 0.15) is 6.07 Å². The lowest BCUT2D eigenvalue weighted by molar-refractivity contribution is 0.230. The van der Waals surface area contributed by atoms with Crippen LogP contribution in [0.25, 0.3) is 10.9 Å². The minimum Gasteiger partial charge on any atom is -0.383 e. The number of benzene rings is 1. The number of rotatable bonds is 8. The van der Waals surface area contributed by atoms with Gasteiger partial charge in [-0.05, 0) is 56.2 Å². The normalized spacial score (nSPS) is 17.7. The summed E-state index contributed by atoms with van der Waals surface area (Å²) in [4.78, 5) is 8.71. The van der Waals surface area contributed by atoms with Gasteiger partial charge in [-0.1, -0.05) is 32.8 Å². The number of pyridine rings is 2. The second kappa shape index (κ2) is 10.2. The van der Waals surface area contributed by atoms with Gasteiger partial charge in [0, 0.05) is 47.0 Å². The fourth-order valence-corrected chi connectivity index (χ4v) is 5.43. The van der Waals surface area contributed by atoms with Crippen LogP contribution < -0.4 is 21.6 Å². The van der Waals surface area contributed by atoms with Crippen LogP contribution in [0.1, 0.15) is 74.9 Å². The zero-order valence-corrected chi connectivity index (χ0v) is 23.9. The molecule has 2 aliphatic carbocycles. The van der Waals surface area contributed by atoms with Gasteiger partial charge in [-0.25, -0.2) is 4.98 Å². The molecule has 1 aromatic carbocycles. The summed E-state index contributed by atoms with van der Waals surface area (Å²) in [5.74, 6) is 2.70. The quantitative estimate of drug-likeness (QED) is 0.211. The van der Waals surface area contributed by atoms with E-state index in [4.69, 9.17) is 6.42 Å². The largest absolute Gasteiger partial charge is 0.383 e. The maximum Gasteiger partial charge on any atom is 0.213 e. The lowest BCUT2D eigenvalue weighted by Gasteiger charge is -2.25. The molecule has 1 aliphatic heterocycles. The third kappa shape index (κ3) is 5.38. The Kier molecular flexibility index (Phi) is 6.71. The molecule has 0 amide bonds. The van der Waals surface area contributed by atoms with Crippen LogP contribution in [0.15, 0.2) is 41.9 Å². The number of nitrogens with zero attached hydrogens (tertiary/aromatic N) is 4. The highest BCUT2D eigenvalue weighted by atomic mass is 19.1. The number of hydrogen-bond donors (Lipinski definition) is 4. The minimum absolute atomic E-state index is 0.00778. The smallest absolute Gasteiger partial charge is 0.213 e. The Labute approximate surface area is 240 Å². The van der Waals surface area contributed by atoms with Gasteiger partial charge in [0.2, 0.25) is 5.95 Å². The van der Waals surface area contributed by atoms with Gasteiger partial charge in [0.05, 0.1) is 39.8 Å². The minimum atomic E-state index is -0.515. The van der Waals surface area contributed by atoms with Crippen LogP contribution in [-0.2, 0) is 0 Å². The predicted molar refractivity (Wildman–Crippen MR) is 159 cm³/mol. The SMILES string of the molecule is C#Cc1cnc2c(C#N)cc(N[C@H](C3=C(C4CC4)N(C4CC4)NN3)c3ccc(F)nc3C)cc2c1NCC(C)(C)C. The Bertz CT molecular complexity index is 1630. The number of aromatic nitrogens is 2. The summed E-state index contributed by atoms with van der Waals surface area (Å²) in [5, 5.41) is 20.4. The van der Waals surface area contributed by atoms with E-state index in [9.17, 15) is 9.65 Å². The summed E-state index contributed by atoms with van der Waals surface area (Å²) in [6.07, 6.45) is 12.1. The fraction of sp³-hybridized carbons (Fsp3) is 0.406. The van der Waals surface area contributed by atoms with Crippen LogP contribution in [0.2, 0.25) is 0 Å². The van der Waals surface area contributed by atoms with Gasteiger partial charge in [0.15, 0.2) is 0 Å². The molecular weight excluding hydrogens is 515 g/mol. The van der Waals surface area contributed by atoms with Crippen molar-refractivity contribution in [3.63, 3.8) is 0 Å². The Balaban J connectivity index is 1.49. The van der Waals surface area contributed by atoms with E-state index in [1.807, 2.05) is 19.1 Å². The van der Waals surface area contributed by atoms with E-state index in [-0.39, 0.29) is 11.5 Å².